The molecule has 11 fully saturated rings. The summed E-state index contributed by atoms with van der Waals surface area (Å²) in [6.45, 7) is 0. The van der Waals surface area contributed by atoms with Crippen molar-refractivity contribution in [3.05, 3.63) is 0 Å². The highest BCUT2D eigenvalue weighted by Crippen LogP contribution is 2.65. The molecule has 0 aromatic carbocycles. The van der Waals surface area contributed by atoms with Gasteiger partial charge in [0, 0.05) is 0 Å². The summed E-state index contributed by atoms with van der Waals surface area (Å²) in [5, 5.41) is 0. The van der Waals surface area contributed by atoms with Crippen molar-refractivity contribution in [1.29, 1.82) is 0 Å². The first-order valence-corrected chi connectivity index (χ1v) is 28.2. The fourth-order valence-corrected chi connectivity index (χ4v) is 21.1. The molecule has 0 bridgehead atoms. The first-order valence-electron chi connectivity index (χ1n) is 28.2. The topological polar surface area (TPSA) is 0 Å². The lowest BCUT2D eigenvalue weighted by Crippen LogP contribution is -2.47. The standard InChI is InChI=1S/C57H94/c1-4-15-38(16-5-1)41-23-14-24-43(29-41)46-31-45(39-17-6-2-7-18-39)32-47(33-46)51-27-28-52(54-26-13-12-25-53(51)54)49-35-50-34-48-30-42-21-10-11-22-44(42)36-56(48)57(50)55(37-49)40-19-8-3-9-20-40/h38-57H,1-37H2. The SMILES string of the molecule is C1CCC(C2CCCC(C3CC(C4CCCCC4)CC(C4CCC(C5CC6CC7CC8CCCCC8CC7C6C(C6CCCCC6)C5)C5CCCCC45)C3)C2)CC1. The van der Waals surface area contributed by atoms with Crippen LogP contribution in [-0.2, 0) is 0 Å². The zero-order chi connectivity index (χ0) is 37.7. The number of hydrogen-bond donors (Lipinski definition) is 0. The summed E-state index contributed by atoms with van der Waals surface area (Å²) in [5.74, 6) is 22.4. The summed E-state index contributed by atoms with van der Waals surface area (Å²) in [4.78, 5) is 0. The molecule has 11 saturated carbocycles. The average molecular weight is 779 g/mol. The molecule has 11 aliphatic rings. The predicted molar refractivity (Wildman–Crippen MR) is 241 cm³/mol. The van der Waals surface area contributed by atoms with Gasteiger partial charge in [0.25, 0.3) is 0 Å². The van der Waals surface area contributed by atoms with E-state index in [0.717, 1.165) is 118 Å². The minimum atomic E-state index is 1.10. The van der Waals surface area contributed by atoms with Crippen LogP contribution < -0.4 is 0 Å². The normalized spacial score (nSPS) is 50.6. The van der Waals surface area contributed by atoms with Gasteiger partial charge in [0.15, 0.2) is 0 Å². The third kappa shape index (κ3) is 8.21. The van der Waals surface area contributed by atoms with Gasteiger partial charge < -0.3 is 0 Å². The van der Waals surface area contributed by atoms with Gasteiger partial charge in [-0.1, -0.05) is 154 Å². The maximum Gasteiger partial charge on any atom is -0.0323 e. The summed E-state index contributed by atoms with van der Waals surface area (Å²) < 4.78 is 0. The van der Waals surface area contributed by atoms with Crippen LogP contribution in [0, 0.1) is 118 Å². The average Bonchev–Trinajstić information content (AvgIpc) is 3.65. The van der Waals surface area contributed by atoms with Crippen molar-refractivity contribution in [3.8, 4) is 0 Å². The quantitative estimate of drug-likeness (QED) is 0.252. The third-order valence-electron chi connectivity index (χ3n) is 23.3. The van der Waals surface area contributed by atoms with E-state index in [1.807, 2.05) is 0 Å². The van der Waals surface area contributed by atoms with Crippen LogP contribution in [0.25, 0.3) is 0 Å². The van der Waals surface area contributed by atoms with Gasteiger partial charge >= 0.3 is 0 Å². The van der Waals surface area contributed by atoms with Crippen LogP contribution in [0.2, 0.25) is 0 Å². The molecule has 11 aliphatic carbocycles. The second-order valence-corrected chi connectivity index (χ2v) is 25.6. The lowest BCUT2D eigenvalue weighted by molar-refractivity contribution is -0.0632. The van der Waals surface area contributed by atoms with E-state index < -0.39 is 0 Å². The molecule has 0 aromatic rings. The Hall–Kier alpha value is 0. The van der Waals surface area contributed by atoms with Crippen LogP contribution >= 0.6 is 0 Å². The molecule has 0 spiro atoms. The molecule has 0 nitrogen and oxygen atoms in total. The molecule has 0 saturated heterocycles. The summed E-state index contributed by atoms with van der Waals surface area (Å²) in [5.41, 5.74) is 0. The van der Waals surface area contributed by atoms with Gasteiger partial charge in [-0.05, 0) is 202 Å². The minimum Gasteiger partial charge on any atom is -0.0533 e. The molecule has 0 heteroatoms. The van der Waals surface area contributed by atoms with Crippen LogP contribution in [-0.4, -0.2) is 0 Å². The molecule has 57 heavy (non-hydrogen) atoms. The molecule has 11 rings (SSSR count). The van der Waals surface area contributed by atoms with Crippen LogP contribution in [0.3, 0.4) is 0 Å². The summed E-state index contributed by atoms with van der Waals surface area (Å²) in [7, 11) is 0. The van der Waals surface area contributed by atoms with E-state index in [1.54, 1.807) is 231 Å². The number of rotatable bonds is 6. The summed E-state index contributed by atoms with van der Waals surface area (Å²) >= 11 is 0. The fraction of sp³-hybridized carbons (Fsp3) is 1.00. The van der Waals surface area contributed by atoms with Crippen molar-refractivity contribution in [2.45, 2.75) is 238 Å². The van der Waals surface area contributed by atoms with Crippen molar-refractivity contribution in [2.75, 3.05) is 0 Å². The van der Waals surface area contributed by atoms with Gasteiger partial charge in [0.1, 0.15) is 0 Å². The molecule has 0 radical (unpaired) electrons. The largest absolute Gasteiger partial charge is 0.0533 e. The minimum absolute atomic E-state index is 1.10. The van der Waals surface area contributed by atoms with Crippen molar-refractivity contribution >= 4 is 0 Å². The molecule has 0 N–H and O–H groups in total. The maximum atomic E-state index is 1.71. The first kappa shape index (κ1) is 39.8. The molecule has 17 atom stereocenters. The Morgan fingerprint density at radius 3 is 1.09 bits per heavy atom. The zero-order valence-corrected chi connectivity index (χ0v) is 37.7. The van der Waals surface area contributed by atoms with Gasteiger partial charge in [0.05, 0.1) is 0 Å². The Kier molecular flexibility index (Phi) is 12.6. The summed E-state index contributed by atoms with van der Waals surface area (Å²) in [6, 6.07) is 0. The predicted octanol–water partition coefficient (Wildman–Crippen LogP) is 16.9. The zero-order valence-electron chi connectivity index (χ0n) is 37.7. The third-order valence-corrected chi connectivity index (χ3v) is 23.3. The van der Waals surface area contributed by atoms with Crippen LogP contribution in [0.4, 0.5) is 0 Å². The van der Waals surface area contributed by atoms with E-state index in [-0.39, 0.29) is 0 Å². The van der Waals surface area contributed by atoms with Gasteiger partial charge in [-0.25, -0.2) is 0 Å². The van der Waals surface area contributed by atoms with E-state index in [4.69, 9.17) is 0 Å². The molecule has 322 valence electrons. The van der Waals surface area contributed by atoms with Crippen molar-refractivity contribution in [2.24, 2.45) is 118 Å². The molecule has 17 unspecified atom stereocenters. The number of hydrogen-bond acceptors (Lipinski definition) is 0. The van der Waals surface area contributed by atoms with Crippen molar-refractivity contribution in [1.82, 2.24) is 0 Å². The van der Waals surface area contributed by atoms with Gasteiger partial charge in [-0.2, -0.15) is 0 Å². The Labute approximate surface area is 354 Å². The highest BCUT2D eigenvalue weighted by Gasteiger charge is 2.57. The highest BCUT2D eigenvalue weighted by atomic mass is 14.6. The monoisotopic (exact) mass is 779 g/mol. The number of fused-ring (bicyclic) bond motifs is 5. The molecule has 0 aromatic heterocycles. The van der Waals surface area contributed by atoms with E-state index in [2.05, 4.69) is 0 Å². The Morgan fingerprint density at radius 1 is 0.140 bits per heavy atom. The maximum absolute atomic E-state index is 1.71. The second kappa shape index (κ2) is 18.0. The first-order chi connectivity index (χ1) is 28.2. The highest BCUT2D eigenvalue weighted by molar-refractivity contribution is 5.06. The molecular weight excluding hydrogens is 685 g/mol. The van der Waals surface area contributed by atoms with Crippen LogP contribution in [0.5, 0.6) is 0 Å². The lowest BCUT2D eigenvalue weighted by Gasteiger charge is -2.56. The van der Waals surface area contributed by atoms with E-state index in [9.17, 15) is 0 Å². The summed E-state index contributed by atoms with van der Waals surface area (Å²) in [6.07, 6.45) is 59.8. The lowest BCUT2D eigenvalue weighted by atomic mass is 9.49. The Bertz CT molecular complexity index is 1260. The Morgan fingerprint density at radius 2 is 0.456 bits per heavy atom. The van der Waals surface area contributed by atoms with Crippen LogP contribution in [0.15, 0.2) is 0 Å². The Balaban J connectivity index is 0.820. The second-order valence-electron chi connectivity index (χ2n) is 25.6. The molecule has 0 heterocycles. The molecular formula is C57H94. The van der Waals surface area contributed by atoms with Crippen molar-refractivity contribution < 1.29 is 0 Å². The van der Waals surface area contributed by atoms with Crippen molar-refractivity contribution in [3.63, 3.8) is 0 Å². The smallest absolute Gasteiger partial charge is 0.0323 e. The van der Waals surface area contributed by atoms with E-state index in [1.165, 1.54) is 6.42 Å². The fourth-order valence-electron chi connectivity index (χ4n) is 21.1. The van der Waals surface area contributed by atoms with Gasteiger partial charge in [0.2, 0.25) is 0 Å². The molecule has 0 aliphatic heterocycles. The van der Waals surface area contributed by atoms with E-state index in [0.29, 0.717) is 0 Å². The van der Waals surface area contributed by atoms with Crippen LogP contribution in [0.1, 0.15) is 238 Å². The van der Waals surface area contributed by atoms with Gasteiger partial charge in [-0.3, -0.25) is 0 Å². The molecule has 0 amide bonds. The van der Waals surface area contributed by atoms with E-state index >= 15 is 0 Å². The van der Waals surface area contributed by atoms with Gasteiger partial charge in [-0.15, -0.1) is 0 Å².